The SMILES string of the molecule is CN(CCNS(=O)(=O)c1ccc(C#CCO)cc1)C1CC1. The van der Waals surface area contributed by atoms with E-state index in [9.17, 15) is 8.42 Å². The molecule has 1 aromatic carbocycles. The van der Waals surface area contributed by atoms with E-state index < -0.39 is 10.0 Å². The molecular formula is C15H20N2O3S. The van der Waals surface area contributed by atoms with E-state index in [4.69, 9.17) is 5.11 Å². The monoisotopic (exact) mass is 308 g/mol. The molecule has 114 valence electrons. The molecule has 0 aromatic heterocycles. The molecule has 1 fully saturated rings. The first-order valence-electron chi connectivity index (χ1n) is 6.92. The Hall–Kier alpha value is -1.39. The molecule has 2 rings (SSSR count). The van der Waals surface area contributed by atoms with Crippen LogP contribution in [0.15, 0.2) is 29.2 Å². The second-order valence-electron chi connectivity index (χ2n) is 5.09. The molecule has 1 aliphatic carbocycles. The van der Waals surface area contributed by atoms with Crippen LogP contribution in [0.5, 0.6) is 0 Å². The Morgan fingerprint density at radius 2 is 2.00 bits per heavy atom. The van der Waals surface area contributed by atoms with Crippen molar-refractivity contribution in [1.29, 1.82) is 0 Å². The highest BCUT2D eigenvalue weighted by Crippen LogP contribution is 2.24. The summed E-state index contributed by atoms with van der Waals surface area (Å²) >= 11 is 0. The van der Waals surface area contributed by atoms with Crippen molar-refractivity contribution in [3.8, 4) is 11.8 Å². The minimum atomic E-state index is -3.47. The third kappa shape index (κ3) is 4.83. The van der Waals surface area contributed by atoms with Crippen molar-refractivity contribution in [2.24, 2.45) is 0 Å². The van der Waals surface area contributed by atoms with Crippen LogP contribution in [0.1, 0.15) is 18.4 Å². The van der Waals surface area contributed by atoms with Crippen LogP contribution in [0.2, 0.25) is 0 Å². The van der Waals surface area contributed by atoms with Gasteiger partial charge in [0.15, 0.2) is 0 Å². The Morgan fingerprint density at radius 3 is 2.57 bits per heavy atom. The number of likely N-dealkylation sites (N-methyl/N-ethyl adjacent to an activating group) is 1. The molecule has 5 nitrogen and oxygen atoms in total. The Kier molecular flexibility index (Phi) is 5.37. The van der Waals surface area contributed by atoms with Gasteiger partial charge in [-0.3, -0.25) is 0 Å². The first-order chi connectivity index (χ1) is 10.0. The van der Waals surface area contributed by atoms with Gasteiger partial charge in [0, 0.05) is 24.7 Å². The molecule has 2 N–H and O–H groups in total. The number of aliphatic hydroxyl groups excluding tert-OH is 1. The van der Waals surface area contributed by atoms with Gasteiger partial charge in [0.05, 0.1) is 4.90 Å². The molecule has 0 unspecified atom stereocenters. The van der Waals surface area contributed by atoms with Crippen LogP contribution >= 0.6 is 0 Å². The Bertz CT molecular complexity index is 625. The summed E-state index contributed by atoms with van der Waals surface area (Å²) in [5.74, 6) is 5.25. The summed E-state index contributed by atoms with van der Waals surface area (Å²) in [5, 5.41) is 8.61. The van der Waals surface area contributed by atoms with Crippen LogP contribution in [0.4, 0.5) is 0 Å². The maximum absolute atomic E-state index is 12.1. The number of sulfonamides is 1. The van der Waals surface area contributed by atoms with Crippen LogP contribution < -0.4 is 4.72 Å². The van der Waals surface area contributed by atoms with Gasteiger partial charge in [0.1, 0.15) is 6.61 Å². The van der Waals surface area contributed by atoms with E-state index in [0.29, 0.717) is 24.7 Å². The van der Waals surface area contributed by atoms with E-state index in [1.54, 1.807) is 12.1 Å². The Balaban J connectivity index is 1.91. The van der Waals surface area contributed by atoms with Crippen LogP contribution in [0.25, 0.3) is 0 Å². The van der Waals surface area contributed by atoms with Gasteiger partial charge in [0.25, 0.3) is 0 Å². The van der Waals surface area contributed by atoms with E-state index >= 15 is 0 Å². The lowest BCUT2D eigenvalue weighted by atomic mass is 10.2. The van der Waals surface area contributed by atoms with Crippen molar-refractivity contribution < 1.29 is 13.5 Å². The fourth-order valence-corrected chi connectivity index (χ4v) is 3.02. The Labute approximate surface area is 126 Å². The number of nitrogens with one attached hydrogen (secondary N) is 1. The summed E-state index contributed by atoms with van der Waals surface area (Å²) in [5.41, 5.74) is 0.677. The summed E-state index contributed by atoms with van der Waals surface area (Å²) < 4.78 is 26.8. The van der Waals surface area contributed by atoms with Gasteiger partial charge >= 0.3 is 0 Å². The molecule has 1 saturated carbocycles. The summed E-state index contributed by atoms with van der Waals surface area (Å²) in [6.45, 7) is 0.904. The first-order valence-corrected chi connectivity index (χ1v) is 8.41. The minimum Gasteiger partial charge on any atom is -0.384 e. The third-order valence-corrected chi connectivity index (χ3v) is 4.88. The highest BCUT2D eigenvalue weighted by Gasteiger charge is 2.25. The minimum absolute atomic E-state index is 0.212. The molecule has 0 heterocycles. The summed E-state index contributed by atoms with van der Waals surface area (Å²) in [6, 6.07) is 6.93. The zero-order valence-corrected chi connectivity index (χ0v) is 12.9. The number of hydrogen-bond donors (Lipinski definition) is 2. The van der Waals surface area contributed by atoms with E-state index in [1.807, 2.05) is 7.05 Å². The maximum Gasteiger partial charge on any atom is 0.240 e. The number of nitrogens with zero attached hydrogens (tertiary/aromatic N) is 1. The smallest absolute Gasteiger partial charge is 0.240 e. The highest BCUT2D eigenvalue weighted by atomic mass is 32.2. The lowest BCUT2D eigenvalue weighted by molar-refractivity contribution is 0.329. The second-order valence-corrected chi connectivity index (χ2v) is 6.86. The third-order valence-electron chi connectivity index (χ3n) is 3.40. The number of aliphatic hydroxyl groups is 1. The van der Waals surface area contributed by atoms with Crippen LogP contribution in [0.3, 0.4) is 0 Å². The molecule has 0 saturated heterocycles. The van der Waals surface area contributed by atoms with Gasteiger partial charge in [-0.2, -0.15) is 0 Å². The lowest BCUT2D eigenvalue weighted by Gasteiger charge is -2.15. The molecule has 0 spiro atoms. The van der Waals surface area contributed by atoms with Crippen LogP contribution in [-0.4, -0.2) is 51.2 Å². The van der Waals surface area contributed by atoms with Gasteiger partial charge in [-0.15, -0.1) is 0 Å². The zero-order chi connectivity index (χ0) is 15.3. The molecule has 0 aliphatic heterocycles. The van der Waals surface area contributed by atoms with E-state index in [1.165, 1.54) is 25.0 Å². The van der Waals surface area contributed by atoms with Crippen LogP contribution in [0, 0.1) is 11.8 Å². The maximum atomic E-state index is 12.1. The van der Waals surface area contributed by atoms with Gasteiger partial charge < -0.3 is 10.0 Å². The second kappa shape index (κ2) is 7.05. The van der Waals surface area contributed by atoms with Gasteiger partial charge in [-0.1, -0.05) is 11.8 Å². The van der Waals surface area contributed by atoms with Gasteiger partial charge in [-0.25, -0.2) is 13.1 Å². The summed E-state index contributed by atoms with van der Waals surface area (Å²) in [7, 11) is -1.46. The average Bonchev–Trinajstić information content (AvgIpc) is 3.30. The van der Waals surface area contributed by atoms with Gasteiger partial charge in [-0.05, 0) is 44.2 Å². The van der Waals surface area contributed by atoms with Crippen molar-refractivity contribution >= 4 is 10.0 Å². The summed E-state index contributed by atoms with van der Waals surface area (Å²) in [6.07, 6.45) is 2.42. The largest absolute Gasteiger partial charge is 0.384 e. The zero-order valence-electron chi connectivity index (χ0n) is 12.0. The Morgan fingerprint density at radius 1 is 1.33 bits per heavy atom. The molecule has 1 aliphatic rings. The van der Waals surface area contributed by atoms with Crippen molar-refractivity contribution in [2.75, 3.05) is 26.7 Å². The van der Waals surface area contributed by atoms with Crippen molar-refractivity contribution in [3.63, 3.8) is 0 Å². The fraction of sp³-hybridized carbons (Fsp3) is 0.467. The predicted molar refractivity (Wildman–Crippen MR) is 81.2 cm³/mol. The normalized spacial score (nSPS) is 14.8. The molecule has 0 atom stereocenters. The van der Waals surface area contributed by atoms with Gasteiger partial charge in [0.2, 0.25) is 10.0 Å². The summed E-state index contributed by atoms with van der Waals surface area (Å²) in [4.78, 5) is 2.40. The molecule has 6 heteroatoms. The molecule has 0 radical (unpaired) electrons. The fourth-order valence-electron chi connectivity index (χ4n) is 2.00. The molecule has 21 heavy (non-hydrogen) atoms. The standard InChI is InChI=1S/C15H20N2O3S/c1-17(14-6-7-14)11-10-16-21(19,20)15-8-4-13(5-9-15)3-2-12-18/h4-5,8-9,14,16,18H,6-7,10-12H2,1H3. The first kappa shape index (κ1) is 16.0. The predicted octanol–water partition coefficient (Wildman–Crippen LogP) is 0.403. The van der Waals surface area contributed by atoms with Crippen molar-refractivity contribution in [2.45, 2.75) is 23.8 Å². The molecule has 0 bridgehead atoms. The quantitative estimate of drug-likeness (QED) is 0.747. The number of benzene rings is 1. The lowest BCUT2D eigenvalue weighted by Crippen LogP contribution is -2.33. The van der Waals surface area contributed by atoms with Crippen molar-refractivity contribution in [3.05, 3.63) is 29.8 Å². The molecule has 0 amide bonds. The van der Waals surface area contributed by atoms with E-state index in [0.717, 1.165) is 0 Å². The van der Waals surface area contributed by atoms with Crippen LogP contribution in [-0.2, 0) is 10.0 Å². The highest BCUT2D eigenvalue weighted by molar-refractivity contribution is 7.89. The average molecular weight is 308 g/mol. The van der Waals surface area contributed by atoms with Crippen molar-refractivity contribution in [1.82, 2.24) is 9.62 Å². The van der Waals surface area contributed by atoms with E-state index in [2.05, 4.69) is 21.5 Å². The molecular weight excluding hydrogens is 288 g/mol. The number of rotatable bonds is 6. The topological polar surface area (TPSA) is 69.6 Å². The molecule has 1 aromatic rings. The number of hydrogen-bond acceptors (Lipinski definition) is 4. The van der Waals surface area contributed by atoms with E-state index in [-0.39, 0.29) is 11.5 Å².